The van der Waals surface area contributed by atoms with E-state index in [4.69, 9.17) is 9.84 Å². The smallest absolute Gasteiger partial charge is 0.335 e. The number of rotatable bonds is 4. The highest BCUT2D eigenvalue weighted by atomic mass is 32.2. The molecule has 126 valence electrons. The van der Waals surface area contributed by atoms with Crippen molar-refractivity contribution in [2.75, 3.05) is 13.2 Å². The van der Waals surface area contributed by atoms with Crippen LogP contribution in [0.25, 0.3) is 0 Å². The Bertz CT molecular complexity index is 685. The number of carboxylic acids is 1. The Morgan fingerprint density at radius 3 is 2.87 bits per heavy atom. The zero-order valence-electron chi connectivity index (χ0n) is 12.8. The third-order valence-corrected chi connectivity index (χ3v) is 6.43. The second-order valence-corrected chi connectivity index (χ2v) is 8.06. The largest absolute Gasteiger partial charge is 0.478 e. The molecule has 23 heavy (non-hydrogen) atoms. The first-order valence-electron chi connectivity index (χ1n) is 7.91. The van der Waals surface area contributed by atoms with Crippen molar-refractivity contribution in [3.8, 4) is 0 Å². The average molecular weight is 339 g/mol. The SMILES string of the molecule is O=C(O)c1cccc(CS(=O)(=O)N2CCOC3CCCCC32)c1. The van der Waals surface area contributed by atoms with E-state index >= 15 is 0 Å². The van der Waals surface area contributed by atoms with E-state index in [2.05, 4.69) is 0 Å². The molecule has 0 bridgehead atoms. The van der Waals surface area contributed by atoms with Gasteiger partial charge in [-0.25, -0.2) is 13.2 Å². The Balaban J connectivity index is 1.80. The molecule has 1 aliphatic heterocycles. The topological polar surface area (TPSA) is 83.9 Å². The summed E-state index contributed by atoms with van der Waals surface area (Å²) in [5.74, 6) is -1.22. The summed E-state index contributed by atoms with van der Waals surface area (Å²) in [6.45, 7) is 0.803. The third kappa shape index (κ3) is 3.57. The van der Waals surface area contributed by atoms with E-state index in [1.54, 1.807) is 16.4 Å². The maximum absolute atomic E-state index is 12.8. The minimum atomic E-state index is -3.49. The fourth-order valence-electron chi connectivity index (χ4n) is 3.49. The molecule has 1 aromatic rings. The lowest BCUT2D eigenvalue weighted by atomic mass is 9.91. The van der Waals surface area contributed by atoms with Crippen molar-refractivity contribution in [2.24, 2.45) is 0 Å². The maximum Gasteiger partial charge on any atom is 0.335 e. The molecule has 1 N–H and O–H groups in total. The first-order valence-corrected chi connectivity index (χ1v) is 9.52. The molecule has 0 spiro atoms. The van der Waals surface area contributed by atoms with Crippen LogP contribution in [0, 0.1) is 0 Å². The van der Waals surface area contributed by atoms with Gasteiger partial charge >= 0.3 is 5.97 Å². The summed E-state index contributed by atoms with van der Waals surface area (Å²) in [7, 11) is -3.49. The minimum absolute atomic E-state index is 0.00220. The molecule has 0 amide bonds. The molecule has 2 aliphatic rings. The van der Waals surface area contributed by atoms with E-state index in [-0.39, 0.29) is 23.5 Å². The number of fused-ring (bicyclic) bond motifs is 1. The molecule has 1 heterocycles. The van der Waals surface area contributed by atoms with Gasteiger partial charge in [0.25, 0.3) is 0 Å². The van der Waals surface area contributed by atoms with Crippen molar-refractivity contribution in [3.05, 3.63) is 35.4 Å². The number of ether oxygens (including phenoxy) is 1. The second kappa shape index (κ2) is 6.59. The number of morpholine rings is 1. The molecule has 6 nitrogen and oxygen atoms in total. The molecule has 2 atom stereocenters. The third-order valence-electron chi connectivity index (χ3n) is 4.56. The quantitative estimate of drug-likeness (QED) is 0.905. The minimum Gasteiger partial charge on any atom is -0.478 e. The first-order chi connectivity index (χ1) is 11.0. The van der Waals surface area contributed by atoms with Crippen molar-refractivity contribution in [3.63, 3.8) is 0 Å². The summed E-state index contributed by atoms with van der Waals surface area (Å²) >= 11 is 0. The number of carboxylic acid groups (broad SMARTS) is 1. The molecule has 3 rings (SSSR count). The van der Waals surface area contributed by atoms with Gasteiger partial charge in [0.15, 0.2) is 0 Å². The van der Waals surface area contributed by atoms with Crippen LogP contribution >= 0.6 is 0 Å². The molecule has 2 unspecified atom stereocenters. The molecular weight excluding hydrogens is 318 g/mol. The number of hydrogen-bond donors (Lipinski definition) is 1. The molecule has 2 fully saturated rings. The highest BCUT2D eigenvalue weighted by Crippen LogP contribution is 2.31. The molecule has 1 saturated carbocycles. The first kappa shape index (κ1) is 16.4. The molecule has 1 aromatic carbocycles. The Kier molecular flexibility index (Phi) is 4.70. The Hall–Kier alpha value is -1.44. The van der Waals surface area contributed by atoms with Gasteiger partial charge in [-0.2, -0.15) is 4.31 Å². The predicted octanol–water partition coefficient (Wildman–Crippen LogP) is 1.86. The zero-order chi connectivity index (χ0) is 16.4. The van der Waals surface area contributed by atoms with Crippen LogP contribution in [0.2, 0.25) is 0 Å². The Morgan fingerprint density at radius 1 is 1.30 bits per heavy atom. The summed E-state index contributed by atoms with van der Waals surface area (Å²) in [5, 5.41) is 9.03. The van der Waals surface area contributed by atoms with Crippen molar-refractivity contribution in [1.29, 1.82) is 0 Å². The fourth-order valence-corrected chi connectivity index (χ4v) is 5.27. The molecule has 0 radical (unpaired) electrons. The Labute approximate surface area is 136 Å². The molecule has 1 aliphatic carbocycles. The van der Waals surface area contributed by atoms with Gasteiger partial charge in [0.05, 0.1) is 30.1 Å². The Morgan fingerprint density at radius 2 is 2.09 bits per heavy atom. The second-order valence-electron chi connectivity index (χ2n) is 6.13. The lowest BCUT2D eigenvalue weighted by Gasteiger charge is -2.42. The summed E-state index contributed by atoms with van der Waals surface area (Å²) in [4.78, 5) is 11.0. The van der Waals surface area contributed by atoms with Crippen LogP contribution in [0.1, 0.15) is 41.6 Å². The summed E-state index contributed by atoms with van der Waals surface area (Å²) in [6, 6.07) is 6.05. The number of carbonyl (C=O) groups is 1. The van der Waals surface area contributed by atoms with E-state index in [1.165, 1.54) is 12.1 Å². The van der Waals surface area contributed by atoms with Gasteiger partial charge in [0.2, 0.25) is 10.0 Å². The van der Waals surface area contributed by atoms with Gasteiger partial charge < -0.3 is 9.84 Å². The van der Waals surface area contributed by atoms with Gasteiger partial charge in [-0.1, -0.05) is 25.0 Å². The number of sulfonamides is 1. The summed E-state index contributed by atoms with van der Waals surface area (Å²) in [5.41, 5.74) is 0.610. The predicted molar refractivity (Wildman–Crippen MR) is 84.7 cm³/mol. The summed E-state index contributed by atoms with van der Waals surface area (Å²) in [6.07, 6.45) is 3.84. The van der Waals surface area contributed by atoms with Crippen LogP contribution in [0.3, 0.4) is 0 Å². The monoisotopic (exact) mass is 339 g/mol. The van der Waals surface area contributed by atoms with Gasteiger partial charge in [-0.05, 0) is 30.5 Å². The lowest BCUT2D eigenvalue weighted by Crippen LogP contribution is -2.54. The number of benzene rings is 1. The van der Waals surface area contributed by atoms with E-state index in [1.807, 2.05) is 0 Å². The van der Waals surface area contributed by atoms with Crippen molar-refractivity contribution in [1.82, 2.24) is 4.31 Å². The van der Waals surface area contributed by atoms with Crippen LogP contribution in [0.15, 0.2) is 24.3 Å². The van der Waals surface area contributed by atoms with Gasteiger partial charge in [-0.3, -0.25) is 0 Å². The molecular formula is C16H21NO5S. The average Bonchev–Trinajstić information content (AvgIpc) is 2.54. The maximum atomic E-state index is 12.8. The normalized spacial score (nSPS) is 25.7. The van der Waals surface area contributed by atoms with Crippen LogP contribution in [0.4, 0.5) is 0 Å². The molecule has 7 heteroatoms. The number of nitrogens with zero attached hydrogens (tertiary/aromatic N) is 1. The van der Waals surface area contributed by atoms with Crippen molar-refractivity contribution < 1.29 is 23.1 Å². The molecule has 0 aromatic heterocycles. The van der Waals surface area contributed by atoms with Crippen LogP contribution < -0.4 is 0 Å². The highest BCUT2D eigenvalue weighted by molar-refractivity contribution is 7.88. The standard InChI is InChI=1S/C16H21NO5S/c18-16(19)13-5-3-4-12(10-13)11-23(20,21)17-8-9-22-15-7-2-1-6-14(15)17/h3-5,10,14-15H,1-2,6-9,11H2,(H,18,19). The van der Waals surface area contributed by atoms with Crippen molar-refractivity contribution >= 4 is 16.0 Å². The molecule has 1 saturated heterocycles. The van der Waals surface area contributed by atoms with E-state index < -0.39 is 16.0 Å². The van der Waals surface area contributed by atoms with E-state index in [0.29, 0.717) is 18.7 Å². The zero-order valence-corrected chi connectivity index (χ0v) is 13.7. The van der Waals surface area contributed by atoms with Crippen LogP contribution in [0.5, 0.6) is 0 Å². The fraction of sp³-hybridized carbons (Fsp3) is 0.562. The van der Waals surface area contributed by atoms with Gasteiger partial charge in [0.1, 0.15) is 0 Å². The van der Waals surface area contributed by atoms with Crippen molar-refractivity contribution in [2.45, 2.75) is 43.6 Å². The summed E-state index contributed by atoms with van der Waals surface area (Å²) < 4.78 is 32.9. The lowest BCUT2D eigenvalue weighted by molar-refractivity contribution is -0.0586. The van der Waals surface area contributed by atoms with Gasteiger partial charge in [-0.15, -0.1) is 0 Å². The van der Waals surface area contributed by atoms with Gasteiger partial charge in [0, 0.05) is 6.54 Å². The number of hydrogen-bond acceptors (Lipinski definition) is 4. The van der Waals surface area contributed by atoms with Crippen LogP contribution in [-0.4, -0.2) is 49.1 Å². The number of aromatic carboxylic acids is 1. The highest BCUT2D eigenvalue weighted by Gasteiger charge is 2.40. The van der Waals surface area contributed by atoms with E-state index in [0.717, 1.165) is 25.7 Å². The van der Waals surface area contributed by atoms with E-state index in [9.17, 15) is 13.2 Å². The van der Waals surface area contributed by atoms with Crippen LogP contribution in [-0.2, 0) is 20.5 Å².